The first kappa shape index (κ1) is 17.7. The molecular weight excluding hydrogens is 387 g/mol. The van der Waals surface area contributed by atoms with E-state index in [-0.39, 0.29) is 24.9 Å². The molecule has 2 aliphatic rings. The van der Waals surface area contributed by atoms with E-state index in [1.807, 2.05) is 5.38 Å². The van der Waals surface area contributed by atoms with Gasteiger partial charge in [0, 0.05) is 37.8 Å². The van der Waals surface area contributed by atoms with Crippen LogP contribution in [-0.2, 0) is 16.2 Å². The molecule has 1 aromatic heterocycles. The third kappa shape index (κ3) is 2.99. The van der Waals surface area contributed by atoms with Crippen molar-refractivity contribution in [1.29, 1.82) is 0 Å². The number of fused-ring (bicyclic) bond motifs is 1. The topological polar surface area (TPSA) is 53.5 Å². The lowest BCUT2D eigenvalue weighted by molar-refractivity contribution is -0.139. The number of aromatic nitrogens is 1. The van der Waals surface area contributed by atoms with Crippen LogP contribution in [0.3, 0.4) is 0 Å². The van der Waals surface area contributed by atoms with Crippen LogP contribution in [0.2, 0.25) is 0 Å². The molecule has 0 aliphatic carbocycles. The molecule has 10 heteroatoms. The maximum atomic E-state index is 13.2. The Morgan fingerprint density at radius 1 is 1.08 bits per heavy atom. The highest BCUT2D eigenvalue weighted by Gasteiger charge is 2.46. The van der Waals surface area contributed by atoms with Gasteiger partial charge in [-0.3, -0.25) is 0 Å². The van der Waals surface area contributed by atoms with Gasteiger partial charge in [0.1, 0.15) is 0 Å². The van der Waals surface area contributed by atoms with E-state index in [1.54, 1.807) is 6.20 Å². The molecule has 140 valence electrons. The molecule has 1 aromatic carbocycles. The molecule has 0 radical (unpaired) electrons. The van der Waals surface area contributed by atoms with Gasteiger partial charge in [-0.05, 0) is 24.0 Å². The largest absolute Gasteiger partial charge is 0.417 e. The first-order valence-corrected chi connectivity index (χ1v) is 10.4. The van der Waals surface area contributed by atoms with E-state index in [9.17, 15) is 21.6 Å². The lowest BCUT2D eigenvalue weighted by atomic mass is 10.0. The first-order chi connectivity index (χ1) is 12.3. The number of hydrogen-bond acceptors (Lipinski definition) is 5. The SMILES string of the molecule is O=S(=O)(c1ccccc1C(F)(F)F)N1CC2CN(c3nccs3)CC2C1. The number of sulfonamides is 1. The van der Waals surface area contributed by atoms with E-state index >= 15 is 0 Å². The van der Waals surface area contributed by atoms with Crippen molar-refractivity contribution in [2.24, 2.45) is 11.8 Å². The van der Waals surface area contributed by atoms with Crippen LogP contribution in [0.1, 0.15) is 5.56 Å². The zero-order valence-corrected chi connectivity index (χ0v) is 15.2. The number of alkyl halides is 3. The molecule has 2 saturated heterocycles. The van der Waals surface area contributed by atoms with Gasteiger partial charge in [0.15, 0.2) is 5.13 Å². The van der Waals surface area contributed by atoms with Crippen LogP contribution in [0.15, 0.2) is 40.7 Å². The Hall–Kier alpha value is -1.65. The molecule has 0 saturated carbocycles. The van der Waals surface area contributed by atoms with Gasteiger partial charge in [0.25, 0.3) is 0 Å². The molecular formula is C16H16F3N3O2S2. The summed E-state index contributed by atoms with van der Waals surface area (Å²) >= 11 is 1.52. The highest BCUT2D eigenvalue weighted by molar-refractivity contribution is 7.89. The van der Waals surface area contributed by atoms with Crippen molar-refractivity contribution in [2.45, 2.75) is 11.1 Å². The molecule has 3 heterocycles. The molecule has 2 fully saturated rings. The number of rotatable bonds is 3. The zero-order chi connectivity index (χ0) is 18.5. The Labute approximate surface area is 153 Å². The molecule has 4 rings (SSSR count). The number of benzene rings is 1. The third-order valence-electron chi connectivity index (χ3n) is 4.95. The van der Waals surface area contributed by atoms with E-state index < -0.39 is 26.7 Å². The van der Waals surface area contributed by atoms with Gasteiger partial charge in [0.05, 0.1) is 10.5 Å². The van der Waals surface area contributed by atoms with Crippen molar-refractivity contribution in [3.05, 3.63) is 41.4 Å². The first-order valence-electron chi connectivity index (χ1n) is 8.07. The lowest BCUT2D eigenvalue weighted by Crippen LogP contribution is -2.34. The van der Waals surface area contributed by atoms with Gasteiger partial charge in [-0.1, -0.05) is 12.1 Å². The lowest BCUT2D eigenvalue weighted by Gasteiger charge is -2.22. The van der Waals surface area contributed by atoms with Crippen molar-refractivity contribution < 1.29 is 21.6 Å². The molecule has 2 unspecified atom stereocenters. The summed E-state index contributed by atoms with van der Waals surface area (Å²) in [6.07, 6.45) is -2.99. The Bertz CT molecular complexity index is 886. The summed E-state index contributed by atoms with van der Waals surface area (Å²) < 4.78 is 66.5. The van der Waals surface area contributed by atoms with Crippen molar-refractivity contribution in [1.82, 2.24) is 9.29 Å². The Kier molecular flexibility index (Phi) is 4.24. The normalized spacial score (nSPS) is 24.2. The molecule has 2 aliphatic heterocycles. The monoisotopic (exact) mass is 403 g/mol. The molecule has 2 aromatic rings. The molecule has 0 bridgehead atoms. The average molecular weight is 403 g/mol. The van der Waals surface area contributed by atoms with Gasteiger partial charge >= 0.3 is 6.18 Å². The highest BCUT2D eigenvalue weighted by Crippen LogP contribution is 2.39. The number of anilines is 1. The second-order valence-corrected chi connectivity index (χ2v) is 9.34. The van der Waals surface area contributed by atoms with Crippen LogP contribution in [0.25, 0.3) is 0 Å². The summed E-state index contributed by atoms with van der Waals surface area (Å²) in [7, 11) is -4.18. The highest BCUT2D eigenvalue weighted by atomic mass is 32.2. The number of halogens is 3. The van der Waals surface area contributed by atoms with Gasteiger partial charge in [-0.25, -0.2) is 13.4 Å². The van der Waals surface area contributed by atoms with Crippen LogP contribution in [-0.4, -0.2) is 43.9 Å². The summed E-state index contributed by atoms with van der Waals surface area (Å²) in [4.78, 5) is 5.72. The molecule has 26 heavy (non-hydrogen) atoms. The minimum absolute atomic E-state index is 0.103. The Balaban J connectivity index is 1.56. The van der Waals surface area contributed by atoms with Gasteiger partial charge in [-0.2, -0.15) is 17.5 Å². The van der Waals surface area contributed by atoms with E-state index in [1.165, 1.54) is 27.8 Å². The maximum Gasteiger partial charge on any atom is 0.417 e. The predicted octanol–water partition coefficient (Wildman–Crippen LogP) is 2.92. The van der Waals surface area contributed by atoms with E-state index in [4.69, 9.17) is 0 Å². The van der Waals surface area contributed by atoms with Crippen LogP contribution in [0.4, 0.5) is 18.3 Å². The quantitative estimate of drug-likeness (QED) is 0.791. The Morgan fingerprint density at radius 3 is 2.31 bits per heavy atom. The molecule has 2 atom stereocenters. The van der Waals surface area contributed by atoms with E-state index in [0.29, 0.717) is 13.1 Å². The molecule has 0 spiro atoms. The number of nitrogens with zero attached hydrogens (tertiary/aromatic N) is 3. The zero-order valence-electron chi connectivity index (χ0n) is 13.6. The van der Waals surface area contributed by atoms with Crippen molar-refractivity contribution >= 4 is 26.5 Å². The summed E-state index contributed by atoms with van der Waals surface area (Å²) in [6, 6.07) is 4.37. The fourth-order valence-electron chi connectivity index (χ4n) is 3.74. The number of hydrogen-bond donors (Lipinski definition) is 0. The minimum Gasteiger partial charge on any atom is -0.347 e. The maximum absolute atomic E-state index is 13.2. The van der Waals surface area contributed by atoms with Gasteiger partial charge in [0.2, 0.25) is 10.0 Å². The van der Waals surface area contributed by atoms with Crippen molar-refractivity contribution in [3.8, 4) is 0 Å². The summed E-state index contributed by atoms with van der Waals surface area (Å²) in [5.41, 5.74) is -1.11. The standard InChI is InChI=1S/C16H16F3N3O2S2/c17-16(18,19)13-3-1-2-4-14(13)26(23,24)22-9-11-7-21(8-12(11)10-22)15-20-5-6-25-15/h1-6,11-12H,7-10H2. The predicted molar refractivity (Wildman–Crippen MR) is 91.5 cm³/mol. The van der Waals surface area contributed by atoms with Crippen molar-refractivity contribution in [3.63, 3.8) is 0 Å². The van der Waals surface area contributed by atoms with Gasteiger partial charge in [-0.15, -0.1) is 11.3 Å². The summed E-state index contributed by atoms with van der Waals surface area (Å²) in [5.74, 6) is 0.207. The van der Waals surface area contributed by atoms with Crippen LogP contribution in [0.5, 0.6) is 0 Å². The van der Waals surface area contributed by atoms with Crippen LogP contribution in [0, 0.1) is 11.8 Å². The fourth-order valence-corrected chi connectivity index (χ4v) is 6.17. The fraction of sp³-hybridized carbons (Fsp3) is 0.438. The van der Waals surface area contributed by atoms with E-state index in [2.05, 4.69) is 9.88 Å². The molecule has 0 amide bonds. The van der Waals surface area contributed by atoms with Gasteiger partial charge < -0.3 is 4.90 Å². The number of thiazole rings is 1. The van der Waals surface area contributed by atoms with Crippen LogP contribution < -0.4 is 4.90 Å². The smallest absolute Gasteiger partial charge is 0.347 e. The molecule has 0 N–H and O–H groups in total. The minimum atomic E-state index is -4.71. The second kappa shape index (κ2) is 6.21. The van der Waals surface area contributed by atoms with Crippen LogP contribution >= 0.6 is 11.3 Å². The summed E-state index contributed by atoms with van der Waals surface area (Å²) in [5, 5.41) is 2.78. The Morgan fingerprint density at radius 2 is 1.73 bits per heavy atom. The van der Waals surface area contributed by atoms with Crippen molar-refractivity contribution in [2.75, 3.05) is 31.1 Å². The third-order valence-corrected chi connectivity index (χ3v) is 7.67. The van der Waals surface area contributed by atoms with E-state index in [0.717, 1.165) is 17.3 Å². The second-order valence-electron chi connectivity index (χ2n) is 6.56. The molecule has 5 nitrogen and oxygen atoms in total. The average Bonchev–Trinajstić information content (AvgIpc) is 3.29. The summed E-state index contributed by atoms with van der Waals surface area (Å²) in [6.45, 7) is 1.82.